The summed E-state index contributed by atoms with van der Waals surface area (Å²) >= 11 is 0. The third kappa shape index (κ3) is 2.49. The van der Waals surface area contributed by atoms with Crippen LogP contribution in [0.2, 0.25) is 0 Å². The van der Waals surface area contributed by atoms with Crippen LogP contribution in [-0.2, 0) is 6.42 Å². The van der Waals surface area contributed by atoms with Gasteiger partial charge in [-0.3, -0.25) is 9.89 Å². The number of nitrogens with two attached hydrogens (primary N) is 1. The lowest BCUT2D eigenvalue weighted by Gasteiger charge is -2.23. The Bertz CT molecular complexity index is 432. The average Bonchev–Trinajstić information content (AvgIpc) is 2.93. The fraction of sp³-hybridized carbons (Fsp3) is 0.692. The number of aromatic amines is 1. The van der Waals surface area contributed by atoms with Gasteiger partial charge >= 0.3 is 0 Å². The van der Waals surface area contributed by atoms with E-state index in [4.69, 9.17) is 5.73 Å². The second-order valence-electron chi connectivity index (χ2n) is 5.52. The summed E-state index contributed by atoms with van der Waals surface area (Å²) < 4.78 is 0. The summed E-state index contributed by atoms with van der Waals surface area (Å²) in [6.45, 7) is 4.91. The van der Waals surface area contributed by atoms with Gasteiger partial charge in [0.05, 0.1) is 11.4 Å². The molecule has 1 aromatic rings. The highest BCUT2D eigenvalue weighted by atomic mass is 16.1. The predicted molar refractivity (Wildman–Crippen MR) is 71.3 cm³/mol. The Morgan fingerprint density at radius 2 is 2.17 bits per heavy atom. The summed E-state index contributed by atoms with van der Waals surface area (Å²) in [6.07, 6.45) is 5.64. The fourth-order valence-electron chi connectivity index (χ4n) is 2.61. The van der Waals surface area contributed by atoms with Crippen molar-refractivity contribution in [3.05, 3.63) is 11.4 Å². The predicted octanol–water partition coefficient (Wildman–Crippen LogP) is 1.86. The molecule has 5 nitrogen and oxygen atoms in total. The first-order valence-corrected chi connectivity index (χ1v) is 6.66. The molecule has 5 heteroatoms. The second-order valence-corrected chi connectivity index (χ2v) is 5.52. The molecule has 1 aliphatic rings. The molecule has 1 aliphatic carbocycles. The van der Waals surface area contributed by atoms with E-state index in [1.165, 1.54) is 25.7 Å². The SMILES string of the molecule is CCc1[nH]nc(C(=O)NCC2(C)CCCC2)c1N. The van der Waals surface area contributed by atoms with Crippen molar-refractivity contribution in [2.45, 2.75) is 46.0 Å². The van der Waals surface area contributed by atoms with Gasteiger partial charge in [0.1, 0.15) is 0 Å². The highest BCUT2D eigenvalue weighted by Gasteiger charge is 2.29. The molecule has 0 atom stereocenters. The summed E-state index contributed by atoms with van der Waals surface area (Å²) in [7, 11) is 0. The Morgan fingerprint density at radius 3 is 2.72 bits per heavy atom. The molecule has 0 saturated heterocycles. The first kappa shape index (κ1) is 12.9. The molecule has 1 amide bonds. The summed E-state index contributed by atoms with van der Waals surface area (Å²) in [4.78, 5) is 12.0. The van der Waals surface area contributed by atoms with Crippen molar-refractivity contribution in [1.29, 1.82) is 0 Å². The zero-order valence-corrected chi connectivity index (χ0v) is 11.2. The van der Waals surface area contributed by atoms with Gasteiger partial charge < -0.3 is 11.1 Å². The van der Waals surface area contributed by atoms with E-state index in [0.29, 0.717) is 17.9 Å². The molecular formula is C13H22N4O. The maximum atomic E-state index is 12.0. The molecule has 1 saturated carbocycles. The van der Waals surface area contributed by atoms with Gasteiger partial charge in [0.15, 0.2) is 5.69 Å². The van der Waals surface area contributed by atoms with Crippen LogP contribution < -0.4 is 11.1 Å². The summed E-state index contributed by atoms with van der Waals surface area (Å²) in [6, 6.07) is 0. The quantitative estimate of drug-likeness (QED) is 0.762. The van der Waals surface area contributed by atoms with Gasteiger partial charge in [0, 0.05) is 6.54 Å². The molecule has 0 spiro atoms. The number of aryl methyl sites for hydroxylation is 1. The molecule has 0 aromatic carbocycles. The molecule has 1 heterocycles. The molecule has 0 unspecified atom stereocenters. The molecule has 2 rings (SSSR count). The number of nitrogens with zero attached hydrogens (tertiary/aromatic N) is 1. The first-order chi connectivity index (χ1) is 8.56. The van der Waals surface area contributed by atoms with Crippen LogP contribution in [0.5, 0.6) is 0 Å². The minimum Gasteiger partial charge on any atom is -0.395 e. The van der Waals surface area contributed by atoms with Crippen LogP contribution in [0.4, 0.5) is 5.69 Å². The minimum absolute atomic E-state index is 0.170. The maximum absolute atomic E-state index is 12.0. The van der Waals surface area contributed by atoms with Crippen molar-refractivity contribution in [3.8, 4) is 0 Å². The van der Waals surface area contributed by atoms with Crippen molar-refractivity contribution in [2.75, 3.05) is 12.3 Å². The van der Waals surface area contributed by atoms with E-state index < -0.39 is 0 Å². The number of hydrogen-bond acceptors (Lipinski definition) is 3. The smallest absolute Gasteiger partial charge is 0.273 e. The van der Waals surface area contributed by atoms with Crippen molar-refractivity contribution >= 4 is 11.6 Å². The number of carbonyl (C=O) groups is 1. The van der Waals surface area contributed by atoms with E-state index in [0.717, 1.165) is 12.1 Å². The number of amides is 1. The molecule has 0 radical (unpaired) electrons. The maximum Gasteiger partial charge on any atom is 0.273 e. The summed E-state index contributed by atoms with van der Waals surface area (Å²) in [5.41, 5.74) is 7.75. The number of nitrogens with one attached hydrogen (secondary N) is 2. The number of carbonyl (C=O) groups excluding carboxylic acids is 1. The third-order valence-electron chi connectivity index (χ3n) is 3.94. The van der Waals surface area contributed by atoms with Crippen molar-refractivity contribution < 1.29 is 4.79 Å². The highest BCUT2D eigenvalue weighted by molar-refractivity contribution is 5.97. The second kappa shape index (κ2) is 5.00. The lowest BCUT2D eigenvalue weighted by atomic mass is 9.89. The third-order valence-corrected chi connectivity index (χ3v) is 3.94. The average molecular weight is 250 g/mol. The first-order valence-electron chi connectivity index (χ1n) is 6.66. The van der Waals surface area contributed by atoms with E-state index in [9.17, 15) is 4.79 Å². The number of hydrogen-bond donors (Lipinski definition) is 3. The van der Waals surface area contributed by atoms with Gasteiger partial charge in [0.25, 0.3) is 5.91 Å². The van der Waals surface area contributed by atoms with E-state index in [-0.39, 0.29) is 11.3 Å². The highest BCUT2D eigenvalue weighted by Crippen LogP contribution is 2.36. The Labute approximate surface area is 108 Å². The molecule has 1 fully saturated rings. The number of aromatic nitrogens is 2. The number of nitrogen functional groups attached to an aromatic ring is 1. The monoisotopic (exact) mass is 250 g/mol. The lowest BCUT2D eigenvalue weighted by molar-refractivity contribution is 0.0930. The van der Waals surface area contributed by atoms with Crippen LogP contribution >= 0.6 is 0 Å². The molecule has 0 aliphatic heterocycles. The Morgan fingerprint density at radius 1 is 1.50 bits per heavy atom. The van der Waals surface area contributed by atoms with Gasteiger partial charge in [-0.05, 0) is 24.7 Å². The Hall–Kier alpha value is -1.52. The minimum atomic E-state index is -0.170. The van der Waals surface area contributed by atoms with E-state index in [1.807, 2.05) is 6.92 Å². The topological polar surface area (TPSA) is 83.8 Å². The van der Waals surface area contributed by atoms with Crippen molar-refractivity contribution in [1.82, 2.24) is 15.5 Å². The van der Waals surface area contributed by atoms with Crippen LogP contribution in [0, 0.1) is 5.41 Å². The number of anilines is 1. The van der Waals surface area contributed by atoms with Crippen molar-refractivity contribution in [2.24, 2.45) is 5.41 Å². The van der Waals surface area contributed by atoms with Crippen LogP contribution in [0.3, 0.4) is 0 Å². The summed E-state index contributed by atoms with van der Waals surface area (Å²) in [5.74, 6) is -0.170. The van der Waals surface area contributed by atoms with Crippen LogP contribution in [0.25, 0.3) is 0 Å². The molecule has 0 bridgehead atoms. The fourth-order valence-corrected chi connectivity index (χ4v) is 2.61. The van der Waals surface area contributed by atoms with E-state index in [1.54, 1.807) is 0 Å². The molecule has 100 valence electrons. The van der Waals surface area contributed by atoms with Gasteiger partial charge in [-0.25, -0.2) is 0 Å². The largest absolute Gasteiger partial charge is 0.395 e. The van der Waals surface area contributed by atoms with Gasteiger partial charge in [-0.15, -0.1) is 0 Å². The van der Waals surface area contributed by atoms with Gasteiger partial charge in [-0.1, -0.05) is 26.7 Å². The Kier molecular flexibility index (Phi) is 3.59. The molecule has 18 heavy (non-hydrogen) atoms. The number of rotatable bonds is 4. The zero-order valence-electron chi connectivity index (χ0n) is 11.2. The van der Waals surface area contributed by atoms with E-state index in [2.05, 4.69) is 22.4 Å². The van der Waals surface area contributed by atoms with Crippen LogP contribution in [0.1, 0.15) is 55.7 Å². The van der Waals surface area contributed by atoms with Crippen molar-refractivity contribution in [3.63, 3.8) is 0 Å². The summed E-state index contributed by atoms with van der Waals surface area (Å²) in [5, 5.41) is 9.76. The van der Waals surface area contributed by atoms with Gasteiger partial charge in [-0.2, -0.15) is 5.10 Å². The van der Waals surface area contributed by atoms with Crippen LogP contribution in [0.15, 0.2) is 0 Å². The molecule has 4 N–H and O–H groups in total. The lowest BCUT2D eigenvalue weighted by Crippen LogP contribution is -2.34. The standard InChI is InChI=1S/C13H22N4O/c1-3-9-10(14)11(17-16-9)12(18)15-8-13(2)6-4-5-7-13/h3-8,14H2,1-2H3,(H,15,18)(H,16,17). The number of H-pyrrole nitrogens is 1. The van der Waals surface area contributed by atoms with E-state index >= 15 is 0 Å². The molecular weight excluding hydrogens is 228 g/mol. The Balaban J connectivity index is 1.97. The zero-order chi connectivity index (χ0) is 13.2. The molecule has 1 aromatic heterocycles. The van der Waals surface area contributed by atoms with Crippen LogP contribution in [-0.4, -0.2) is 22.6 Å². The normalized spacial score (nSPS) is 17.9. The van der Waals surface area contributed by atoms with Gasteiger partial charge in [0.2, 0.25) is 0 Å².